The molecule has 0 amide bonds. The highest BCUT2D eigenvalue weighted by atomic mass is 19.2. The summed E-state index contributed by atoms with van der Waals surface area (Å²) in [4.78, 5) is 0. The Bertz CT molecular complexity index is 365. The first-order valence-corrected chi connectivity index (χ1v) is 5.01. The lowest BCUT2D eigenvalue weighted by Crippen LogP contribution is -2.39. The van der Waals surface area contributed by atoms with Crippen LogP contribution in [-0.4, -0.2) is 18.5 Å². The highest BCUT2D eigenvalue weighted by Gasteiger charge is 2.42. The maximum absolute atomic E-state index is 13.7. The average Bonchev–Trinajstić information content (AvgIpc) is 2.20. The third kappa shape index (κ3) is 1.54. The summed E-state index contributed by atoms with van der Waals surface area (Å²) in [6.45, 7) is 3.13. The van der Waals surface area contributed by atoms with E-state index in [4.69, 9.17) is 0 Å². The maximum Gasteiger partial charge on any atom is 0.153 e. The van der Waals surface area contributed by atoms with Crippen molar-refractivity contribution in [2.75, 3.05) is 0 Å². The molecule has 82 valence electrons. The van der Waals surface area contributed by atoms with Gasteiger partial charge < -0.3 is 0 Å². The molecule has 0 aromatic carbocycles. The number of allylic oxidation sites excluding steroid dienone is 6. The fraction of sp³-hybridized carbons (Fsp3) is 0.500. The summed E-state index contributed by atoms with van der Waals surface area (Å²) in [6.07, 6.45) is 0.0312. The molecule has 0 saturated heterocycles. The van der Waals surface area contributed by atoms with Gasteiger partial charge >= 0.3 is 0 Å². The van der Waals surface area contributed by atoms with Crippen molar-refractivity contribution in [1.82, 2.24) is 0 Å². The molecule has 0 radical (unpaired) electrons. The van der Waals surface area contributed by atoms with E-state index in [-0.39, 0.29) is 0 Å². The Morgan fingerprint density at radius 3 is 2.27 bits per heavy atom. The van der Waals surface area contributed by atoms with Crippen molar-refractivity contribution in [3.8, 4) is 0 Å². The molecule has 3 heteroatoms. The van der Waals surface area contributed by atoms with E-state index < -0.39 is 24.4 Å². The largest absolute Gasteiger partial charge is 0.243 e. The second-order valence-electron chi connectivity index (χ2n) is 4.24. The van der Waals surface area contributed by atoms with Crippen molar-refractivity contribution >= 4 is 0 Å². The van der Waals surface area contributed by atoms with E-state index >= 15 is 0 Å². The summed E-state index contributed by atoms with van der Waals surface area (Å²) in [7, 11) is 0. The zero-order chi connectivity index (χ0) is 11.2. The Morgan fingerprint density at radius 1 is 0.933 bits per heavy atom. The summed E-state index contributed by atoms with van der Waals surface area (Å²) in [5.41, 5.74) is 1.36. The summed E-state index contributed by atoms with van der Waals surface area (Å²) < 4.78 is 40.8. The molecule has 0 bridgehead atoms. The first-order valence-electron chi connectivity index (χ1n) is 5.01. The van der Waals surface area contributed by atoms with Gasteiger partial charge in [-0.1, -0.05) is 18.2 Å². The molecule has 4 atom stereocenters. The molecule has 0 N–H and O–H groups in total. The predicted molar refractivity (Wildman–Crippen MR) is 53.8 cm³/mol. The van der Waals surface area contributed by atoms with Crippen LogP contribution in [0.1, 0.15) is 13.8 Å². The minimum absolute atomic E-state index is 0.338. The fourth-order valence-corrected chi connectivity index (χ4v) is 2.15. The summed E-state index contributed by atoms with van der Waals surface area (Å²) in [5.74, 6) is -0.964. The van der Waals surface area contributed by atoms with Gasteiger partial charge in [0.2, 0.25) is 0 Å². The molecular formula is C12H13F3. The average molecular weight is 214 g/mol. The molecular weight excluding hydrogens is 201 g/mol. The third-order valence-corrected chi connectivity index (χ3v) is 3.13. The first kappa shape index (κ1) is 10.5. The van der Waals surface area contributed by atoms with Crippen LogP contribution in [0.3, 0.4) is 0 Å². The molecule has 0 saturated carbocycles. The lowest BCUT2D eigenvalue weighted by Gasteiger charge is -2.34. The number of hydrogen-bond acceptors (Lipinski definition) is 0. The molecule has 2 rings (SSSR count). The topological polar surface area (TPSA) is 0 Å². The Balaban J connectivity index is 2.44. The number of fused-ring (bicyclic) bond motifs is 1. The molecule has 0 nitrogen and oxygen atoms in total. The predicted octanol–water partition coefficient (Wildman–Crippen LogP) is 3.46. The van der Waals surface area contributed by atoms with Crippen LogP contribution in [0.2, 0.25) is 0 Å². The van der Waals surface area contributed by atoms with E-state index in [0.717, 1.165) is 0 Å². The SMILES string of the molecule is CC1=CC2=CC=C(C)C(F)C2C(F)C1F. The van der Waals surface area contributed by atoms with Crippen LogP contribution in [0.25, 0.3) is 0 Å². The Labute approximate surface area is 87.2 Å². The molecule has 15 heavy (non-hydrogen) atoms. The van der Waals surface area contributed by atoms with Gasteiger partial charge in [-0.15, -0.1) is 0 Å². The molecule has 0 fully saturated rings. The summed E-state index contributed by atoms with van der Waals surface area (Å²) in [5, 5.41) is 0. The van der Waals surface area contributed by atoms with Crippen LogP contribution in [0.15, 0.2) is 34.9 Å². The second kappa shape index (κ2) is 3.54. The monoisotopic (exact) mass is 214 g/mol. The van der Waals surface area contributed by atoms with Crippen LogP contribution in [0.4, 0.5) is 13.2 Å². The van der Waals surface area contributed by atoms with Crippen LogP contribution < -0.4 is 0 Å². The lowest BCUT2D eigenvalue weighted by atomic mass is 9.76. The number of rotatable bonds is 0. The van der Waals surface area contributed by atoms with Gasteiger partial charge in [-0.05, 0) is 30.6 Å². The molecule has 2 aliphatic rings. The standard InChI is InChI=1S/C12H13F3/c1-6-3-4-8-5-7(2)11(14)12(15)9(8)10(6)13/h3-5,9-12H,1-2H3. The van der Waals surface area contributed by atoms with Crippen molar-refractivity contribution in [2.24, 2.45) is 5.92 Å². The zero-order valence-electron chi connectivity index (χ0n) is 8.68. The van der Waals surface area contributed by atoms with Gasteiger partial charge in [-0.3, -0.25) is 0 Å². The number of alkyl halides is 3. The van der Waals surface area contributed by atoms with E-state index in [0.29, 0.717) is 16.7 Å². The summed E-state index contributed by atoms with van der Waals surface area (Å²) >= 11 is 0. The van der Waals surface area contributed by atoms with E-state index in [2.05, 4.69) is 0 Å². The van der Waals surface area contributed by atoms with Crippen molar-refractivity contribution in [1.29, 1.82) is 0 Å². The van der Waals surface area contributed by atoms with Crippen LogP contribution in [0.5, 0.6) is 0 Å². The smallest absolute Gasteiger partial charge is 0.153 e. The van der Waals surface area contributed by atoms with Crippen molar-refractivity contribution in [3.05, 3.63) is 34.9 Å². The number of hydrogen-bond donors (Lipinski definition) is 0. The lowest BCUT2D eigenvalue weighted by molar-refractivity contribution is 0.101. The maximum atomic E-state index is 13.7. The quantitative estimate of drug-likeness (QED) is 0.579. The van der Waals surface area contributed by atoms with Gasteiger partial charge in [-0.2, -0.15) is 0 Å². The highest BCUT2D eigenvalue weighted by molar-refractivity contribution is 5.42. The van der Waals surface area contributed by atoms with Crippen LogP contribution in [-0.2, 0) is 0 Å². The normalized spacial score (nSPS) is 40.2. The van der Waals surface area contributed by atoms with E-state index in [1.807, 2.05) is 0 Å². The Hall–Kier alpha value is -0.990. The van der Waals surface area contributed by atoms with Crippen LogP contribution >= 0.6 is 0 Å². The van der Waals surface area contributed by atoms with E-state index in [1.165, 1.54) is 6.92 Å². The molecule has 0 spiro atoms. The molecule has 0 aliphatic heterocycles. The van der Waals surface area contributed by atoms with E-state index in [9.17, 15) is 13.2 Å². The van der Waals surface area contributed by atoms with Gasteiger partial charge in [0, 0.05) is 0 Å². The van der Waals surface area contributed by atoms with Gasteiger partial charge in [0.25, 0.3) is 0 Å². The molecule has 0 aromatic heterocycles. The minimum atomic E-state index is -1.76. The van der Waals surface area contributed by atoms with Crippen molar-refractivity contribution < 1.29 is 13.2 Å². The van der Waals surface area contributed by atoms with Gasteiger partial charge in [0.1, 0.15) is 12.3 Å². The molecule has 2 aliphatic carbocycles. The molecule has 0 heterocycles. The minimum Gasteiger partial charge on any atom is -0.243 e. The highest BCUT2D eigenvalue weighted by Crippen LogP contribution is 2.40. The van der Waals surface area contributed by atoms with Gasteiger partial charge in [0.05, 0.1) is 5.92 Å². The Kier molecular flexibility index (Phi) is 2.49. The van der Waals surface area contributed by atoms with Crippen molar-refractivity contribution in [2.45, 2.75) is 32.4 Å². The molecule has 0 aromatic rings. The second-order valence-corrected chi connectivity index (χ2v) is 4.24. The van der Waals surface area contributed by atoms with Crippen molar-refractivity contribution in [3.63, 3.8) is 0 Å². The first-order chi connectivity index (χ1) is 7.02. The number of halogens is 3. The summed E-state index contributed by atoms with van der Waals surface area (Å²) in [6, 6.07) is 0. The van der Waals surface area contributed by atoms with Gasteiger partial charge in [0.15, 0.2) is 6.17 Å². The van der Waals surface area contributed by atoms with Gasteiger partial charge in [-0.25, -0.2) is 13.2 Å². The molecule has 4 unspecified atom stereocenters. The fourth-order valence-electron chi connectivity index (χ4n) is 2.15. The zero-order valence-corrected chi connectivity index (χ0v) is 8.68. The van der Waals surface area contributed by atoms with Crippen LogP contribution in [0, 0.1) is 5.92 Å². The van der Waals surface area contributed by atoms with E-state index in [1.54, 1.807) is 25.2 Å². The Morgan fingerprint density at radius 2 is 1.60 bits per heavy atom. The third-order valence-electron chi connectivity index (χ3n) is 3.13.